The molecule has 1 heterocycles. The molecule has 1 saturated heterocycles. The summed E-state index contributed by atoms with van der Waals surface area (Å²) in [4.78, 5) is 26.0. The van der Waals surface area contributed by atoms with Crippen molar-refractivity contribution in [3.05, 3.63) is 0 Å². The molecule has 120 valence electrons. The third-order valence-electron chi connectivity index (χ3n) is 5.09. The van der Waals surface area contributed by atoms with Gasteiger partial charge in [-0.3, -0.25) is 9.59 Å². The summed E-state index contributed by atoms with van der Waals surface area (Å²) in [5.74, 6) is 0.373. The summed E-state index contributed by atoms with van der Waals surface area (Å²) in [5, 5.41) is 3.06. The second kappa shape index (κ2) is 6.77. The molecule has 0 bridgehead atoms. The first kappa shape index (κ1) is 16.3. The lowest BCUT2D eigenvalue weighted by Crippen LogP contribution is -2.49. The van der Waals surface area contributed by atoms with Gasteiger partial charge in [0.25, 0.3) is 0 Å². The van der Waals surface area contributed by atoms with E-state index in [0.717, 1.165) is 38.8 Å². The molecule has 2 aliphatic rings. The number of carbonyl (C=O) groups excluding carboxylic acids is 2. The van der Waals surface area contributed by atoms with Gasteiger partial charge in [0.05, 0.1) is 0 Å². The molecule has 1 saturated carbocycles. The van der Waals surface area contributed by atoms with E-state index >= 15 is 0 Å². The van der Waals surface area contributed by atoms with Crippen LogP contribution in [0.15, 0.2) is 0 Å². The molecule has 0 atom stereocenters. The predicted octanol–water partition coefficient (Wildman–Crippen LogP) is 1.27. The van der Waals surface area contributed by atoms with Crippen molar-refractivity contribution in [3.8, 4) is 0 Å². The van der Waals surface area contributed by atoms with Crippen molar-refractivity contribution in [2.24, 2.45) is 17.1 Å². The standard InChI is InChI=1S/C16H29N3O2/c1-12(2)15(21)18-13-4-8-19(9-5-13)14(20)10-16(11-17)6-3-7-16/h12-13H,3-11,17H2,1-2H3,(H,18,21). The van der Waals surface area contributed by atoms with Gasteiger partial charge in [0.15, 0.2) is 0 Å². The van der Waals surface area contributed by atoms with Gasteiger partial charge in [0.1, 0.15) is 0 Å². The normalized spacial score (nSPS) is 22.0. The maximum Gasteiger partial charge on any atom is 0.223 e. The molecule has 1 aliphatic heterocycles. The fraction of sp³-hybridized carbons (Fsp3) is 0.875. The molecule has 0 aromatic carbocycles. The highest BCUT2D eigenvalue weighted by Crippen LogP contribution is 2.43. The predicted molar refractivity (Wildman–Crippen MR) is 82.5 cm³/mol. The number of hydrogen-bond donors (Lipinski definition) is 2. The summed E-state index contributed by atoms with van der Waals surface area (Å²) in [5.41, 5.74) is 5.92. The molecule has 0 aromatic heterocycles. The van der Waals surface area contributed by atoms with Crippen molar-refractivity contribution in [2.45, 2.75) is 58.4 Å². The SMILES string of the molecule is CC(C)C(=O)NC1CCN(C(=O)CC2(CN)CCC2)CC1. The Morgan fingerprint density at radius 2 is 1.90 bits per heavy atom. The maximum atomic E-state index is 12.4. The number of nitrogens with one attached hydrogen (secondary N) is 1. The molecule has 2 amide bonds. The Morgan fingerprint density at radius 3 is 2.33 bits per heavy atom. The fourth-order valence-electron chi connectivity index (χ4n) is 3.20. The molecule has 2 rings (SSSR count). The van der Waals surface area contributed by atoms with Gasteiger partial charge in [-0.15, -0.1) is 0 Å². The maximum absolute atomic E-state index is 12.4. The van der Waals surface area contributed by atoms with Crippen LogP contribution in [0.1, 0.15) is 52.4 Å². The van der Waals surface area contributed by atoms with Crippen LogP contribution in [0.2, 0.25) is 0 Å². The van der Waals surface area contributed by atoms with Gasteiger partial charge in [-0.05, 0) is 37.6 Å². The van der Waals surface area contributed by atoms with Crippen molar-refractivity contribution in [1.82, 2.24) is 10.2 Å². The van der Waals surface area contributed by atoms with Crippen LogP contribution in [-0.2, 0) is 9.59 Å². The van der Waals surface area contributed by atoms with Crippen LogP contribution < -0.4 is 11.1 Å². The van der Waals surface area contributed by atoms with Crippen LogP contribution >= 0.6 is 0 Å². The van der Waals surface area contributed by atoms with Gasteiger partial charge >= 0.3 is 0 Å². The second-order valence-electron chi connectivity index (χ2n) is 7.05. The van der Waals surface area contributed by atoms with Crippen LogP contribution in [0, 0.1) is 11.3 Å². The fourth-order valence-corrected chi connectivity index (χ4v) is 3.20. The lowest BCUT2D eigenvalue weighted by atomic mass is 9.66. The third-order valence-corrected chi connectivity index (χ3v) is 5.09. The molecular formula is C16H29N3O2. The Hall–Kier alpha value is -1.10. The van der Waals surface area contributed by atoms with Crippen molar-refractivity contribution >= 4 is 11.8 Å². The number of amides is 2. The van der Waals surface area contributed by atoms with Gasteiger partial charge in [0, 0.05) is 31.5 Å². The van der Waals surface area contributed by atoms with Crippen LogP contribution in [-0.4, -0.2) is 42.4 Å². The minimum atomic E-state index is 0.0210. The second-order valence-corrected chi connectivity index (χ2v) is 7.05. The number of rotatable bonds is 5. The van der Waals surface area contributed by atoms with Crippen LogP contribution in [0.25, 0.3) is 0 Å². The van der Waals surface area contributed by atoms with Crippen molar-refractivity contribution in [2.75, 3.05) is 19.6 Å². The summed E-state index contributed by atoms with van der Waals surface area (Å²) in [6.45, 7) is 5.93. The molecule has 0 radical (unpaired) electrons. The first-order chi connectivity index (χ1) is 9.96. The number of likely N-dealkylation sites (tertiary alicyclic amines) is 1. The van der Waals surface area contributed by atoms with Gasteiger partial charge in [-0.25, -0.2) is 0 Å². The summed E-state index contributed by atoms with van der Waals surface area (Å²) in [7, 11) is 0. The van der Waals surface area contributed by atoms with E-state index in [2.05, 4.69) is 5.32 Å². The quantitative estimate of drug-likeness (QED) is 0.802. The highest BCUT2D eigenvalue weighted by Gasteiger charge is 2.39. The van der Waals surface area contributed by atoms with Crippen LogP contribution in [0.3, 0.4) is 0 Å². The number of nitrogens with zero attached hydrogens (tertiary/aromatic N) is 1. The Bertz CT molecular complexity index is 377. The smallest absolute Gasteiger partial charge is 0.223 e. The highest BCUT2D eigenvalue weighted by molar-refractivity contribution is 5.78. The summed E-state index contributed by atoms with van der Waals surface area (Å²) < 4.78 is 0. The molecular weight excluding hydrogens is 266 g/mol. The first-order valence-corrected chi connectivity index (χ1v) is 8.24. The first-order valence-electron chi connectivity index (χ1n) is 8.24. The molecule has 5 heteroatoms. The van der Waals surface area contributed by atoms with Crippen molar-refractivity contribution in [1.29, 1.82) is 0 Å². The van der Waals surface area contributed by atoms with Gasteiger partial charge in [-0.1, -0.05) is 20.3 Å². The number of piperidine rings is 1. The van der Waals surface area contributed by atoms with E-state index in [4.69, 9.17) is 5.73 Å². The van der Waals surface area contributed by atoms with Crippen LogP contribution in [0.5, 0.6) is 0 Å². The minimum Gasteiger partial charge on any atom is -0.353 e. The summed E-state index contributed by atoms with van der Waals surface area (Å²) in [6, 6.07) is 0.219. The van der Waals surface area contributed by atoms with E-state index in [1.54, 1.807) is 0 Å². The monoisotopic (exact) mass is 295 g/mol. The average Bonchev–Trinajstić information content (AvgIpc) is 2.43. The zero-order valence-electron chi connectivity index (χ0n) is 13.4. The van der Waals surface area contributed by atoms with Gasteiger partial charge < -0.3 is 16.0 Å². The molecule has 1 aliphatic carbocycles. The van der Waals surface area contributed by atoms with Gasteiger partial charge in [0.2, 0.25) is 11.8 Å². The third kappa shape index (κ3) is 3.96. The zero-order chi connectivity index (χ0) is 15.5. The molecule has 5 nitrogen and oxygen atoms in total. The van der Waals surface area contributed by atoms with E-state index < -0.39 is 0 Å². The Morgan fingerprint density at radius 1 is 1.29 bits per heavy atom. The largest absolute Gasteiger partial charge is 0.353 e. The number of carbonyl (C=O) groups is 2. The molecule has 21 heavy (non-hydrogen) atoms. The van der Waals surface area contributed by atoms with E-state index in [1.807, 2.05) is 18.7 Å². The summed E-state index contributed by atoms with van der Waals surface area (Å²) >= 11 is 0. The highest BCUT2D eigenvalue weighted by atomic mass is 16.2. The Kier molecular flexibility index (Phi) is 5.25. The lowest BCUT2D eigenvalue weighted by Gasteiger charge is -2.42. The molecule has 3 N–H and O–H groups in total. The Labute approximate surface area is 127 Å². The lowest BCUT2D eigenvalue weighted by molar-refractivity contribution is -0.136. The minimum absolute atomic E-state index is 0.0210. The van der Waals surface area contributed by atoms with E-state index in [0.29, 0.717) is 13.0 Å². The molecule has 0 spiro atoms. The number of hydrogen-bond acceptors (Lipinski definition) is 3. The van der Waals surface area contributed by atoms with Crippen molar-refractivity contribution < 1.29 is 9.59 Å². The zero-order valence-corrected chi connectivity index (χ0v) is 13.4. The van der Waals surface area contributed by atoms with E-state index in [9.17, 15) is 9.59 Å². The Balaban J connectivity index is 1.75. The molecule has 0 unspecified atom stereocenters. The van der Waals surface area contributed by atoms with E-state index in [-0.39, 0.29) is 29.2 Å². The van der Waals surface area contributed by atoms with Crippen molar-refractivity contribution in [3.63, 3.8) is 0 Å². The topological polar surface area (TPSA) is 75.4 Å². The summed E-state index contributed by atoms with van der Waals surface area (Å²) in [6.07, 6.45) is 5.71. The average molecular weight is 295 g/mol. The van der Waals surface area contributed by atoms with Crippen LogP contribution in [0.4, 0.5) is 0 Å². The van der Waals surface area contributed by atoms with Gasteiger partial charge in [-0.2, -0.15) is 0 Å². The molecule has 2 fully saturated rings. The van der Waals surface area contributed by atoms with E-state index in [1.165, 1.54) is 6.42 Å². The number of nitrogens with two attached hydrogens (primary N) is 1. The molecule has 0 aromatic rings.